The van der Waals surface area contributed by atoms with Gasteiger partial charge < -0.3 is 40.8 Å². The van der Waals surface area contributed by atoms with Gasteiger partial charge in [0.2, 0.25) is 11.8 Å². The summed E-state index contributed by atoms with van der Waals surface area (Å²) in [5.74, 6) is -3.17. The Morgan fingerprint density at radius 1 is 0.900 bits per heavy atom. The third-order valence-electron chi connectivity index (χ3n) is 10.1. The number of aromatic amines is 1. The zero-order chi connectivity index (χ0) is 42.6. The van der Waals surface area contributed by atoms with Crippen LogP contribution in [0.5, 0.6) is 0 Å². The molecule has 2 saturated heterocycles. The monoisotopic (exact) mass is 837 g/mol. The Bertz CT molecular complexity index is 2420. The summed E-state index contributed by atoms with van der Waals surface area (Å²) in [6, 6.07) is 16.6. The number of fused-ring (bicyclic) bond motifs is 1. The summed E-state index contributed by atoms with van der Waals surface area (Å²) in [5.41, 5.74) is 2.16. The highest BCUT2D eigenvalue weighted by molar-refractivity contribution is 6.40. The van der Waals surface area contributed by atoms with Gasteiger partial charge in [0.25, 0.3) is 0 Å². The van der Waals surface area contributed by atoms with E-state index in [1.54, 1.807) is 86.3 Å². The van der Waals surface area contributed by atoms with Gasteiger partial charge in [-0.2, -0.15) is 4.68 Å². The summed E-state index contributed by atoms with van der Waals surface area (Å²) in [7, 11) is 0. The molecule has 5 aromatic rings. The third-order valence-corrected chi connectivity index (χ3v) is 10.3. The van der Waals surface area contributed by atoms with E-state index in [0.29, 0.717) is 53.0 Å². The first kappa shape index (κ1) is 41.3. The van der Waals surface area contributed by atoms with Crippen LogP contribution in [0.15, 0.2) is 73.1 Å². The van der Waals surface area contributed by atoms with Crippen LogP contribution in [0.4, 0.5) is 21.9 Å². The Morgan fingerprint density at radius 2 is 1.65 bits per heavy atom. The predicted molar refractivity (Wildman–Crippen MR) is 222 cm³/mol. The van der Waals surface area contributed by atoms with Crippen LogP contribution in [0.2, 0.25) is 5.02 Å². The number of tetrazole rings is 1. The SMILES string of the molecule is CC(C)(C)OC(=O)c1cc2cc(NC(=O)[C@H](Cc3ccc(NC(=O)N4CCC(N5CCCC5=O)CC4)cc3)NC(=O)C(=O)Nc3cc(Cl)ccc3-n3cnnn3)ccc2[nH]1. The molecule has 7 rings (SSSR count). The maximum atomic E-state index is 13.9. The number of hydrogen-bond acceptors (Lipinski definition) is 10. The summed E-state index contributed by atoms with van der Waals surface area (Å²) in [4.78, 5) is 85.4. The summed E-state index contributed by atoms with van der Waals surface area (Å²) in [6.45, 7) is 7.13. The molecule has 2 aliphatic heterocycles. The molecule has 0 radical (unpaired) electrons. The Labute approximate surface area is 349 Å². The first-order valence-electron chi connectivity index (χ1n) is 19.5. The van der Waals surface area contributed by atoms with Gasteiger partial charge in [-0.15, -0.1) is 5.10 Å². The Balaban J connectivity index is 1.04. The second-order valence-electron chi connectivity index (χ2n) is 15.6. The van der Waals surface area contributed by atoms with Gasteiger partial charge in [-0.3, -0.25) is 19.2 Å². The van der Waals surface area contributed by atoms with E-state index >= 15 is 0 Å². The van der Waals surface area contributed by atoms with E-state index in [2.05, 4.69) is 41.8 Å². The number of halogens is 1. The summed E-state index contributed by atoms with van der Waals surface area (Å²) < 4.78 is 6.76. The highest BCUT2D eigenvalue weighted by Gasteiger charge is 2.32. The first-order chi connectivity index (χ1) is 28.7. The van der Waals surface area contributed by atoms with Crippen LogP contribution in [0, 0.1) is 0 Å². The number of amides is 6. The number of carbonyl (C=O) groups excluding carboxylic acids is 6. The number of piperidine rings is 1. The van der Waals surface area contributed by atoms with Crippen molar-refractivity contribution in [3.05, 3.63) is 89.3 Å². The van der Waals surface area contributed by atoms with Crippen LogP contribution in [0.25, 0.3) is 16.6 Å². The quantitative estimate of drug-likeness (QED) is 0.0965. The fourth-order valence-corrected chi connectivity index (χ4v) is 7.35. The maximum Gasteiger partial charge on any atom is 0.355 e. The van der Waals surface area contributed by atoms with E-state index in [1.807, 2.05) is 4.90 Å². The molecule has 60 heavy (non-hydrogen) atoms. The van der Waals surface area contributed by atoms with Crippen molar-refractivity contribution in [2.24, 2.45) is 0 Å². The molecule has 0 aliphatic carbocycles. The lowest BCUT2D eigenvalue weighted by atomic mass is 10.0. The number of nitrogens with one attached hydrogen (secondary N) is 5. The number of benzene rings is 3. The molecule has 19 heteroatoms. The van der Waals surface area contributed by atoms with E-state index in [-0.39, 0.29) is 40.8 Å². The lowest BCUT2D eigenvalue weighted by molar-refractivity contribution is -0.137. The molecule has 2 aliphatic rings. The van der Waals surface area contributed by atoms with Crippen molar-refractivity contribution >= 4 is 75.2 Å². The van der Waals surface area contributed by atoms with Crippen LogP contribution in [0.1, 0.15) is 62.5 Å². The van der Waals surface area contributed by atoms with Crippen LogP contribution in [-0.4, -0.2) is 108 Å². The van der Waals surface area contributed by atoms with Gasteiger partial charge in [-0.25, -0.2) is 9.59 Å². The van der Waals surface area contributed by atoms with E-state index in [4.69, 9.17) is 16.3 Å². The number of urea groups is 1. The molecule has 312 valence electrons. The molecule has 5 N–H and O–H groups in total. The third kappa shape index (κ3) is 10.1. The minimum absolute atomic E-state index is 0.0377. The molecule has 2 fully saturated rings. The zero-order valence-corrected chi connectivity index (χ0v) is 33.9. The van der Waals surface area contributed by atoms with Crippen LogP contribution in [0.3, 0.4) is 0 Å². The number of nitrogens with zero attached hydrogens (tertiary/aromatic N) is 6. The average Bonchev–Trinajstić information content (AvgIpc) is 4.00. The lowest BCUT2D eigenvalue weighted by Gasteiger charge is -2.36. The molecule has 4 heterocycles. The summed E-state index contributed by atoms with van der Waals surface area (Å²) >= 11 is 6.20. The molecule has 3 aromatic carbocycles. The smallest absolute Gasteiger partial charge is 0.355 e. The van der Waals surface area contributed by atoms with Gasteiger partial charge in [0, 0.05) is 65.8 Å². The highest BCUT2D eigenvalue weighted by atomic mass is 35.5. The van der Waals surface area contributed by atoms with E-state index < -0.39 is 35.3 Å². The van der Waals surface area contributed by atoms with Crippen molar-refractivity contribution in [2.45, 2.75) is 70.6 Å². The average molecular weight is 838 g/mol. The Kier molecular flexibility index (Phi) is 12.1. The fourth-order valence-electron chi connectivity index (χ4n) is 7.17. The second-order valence-corrected chi connectivity index (χ2v) is 16.0. The molecule has 18 nitrogen and oxygen atoms in total. The van der Waals surface area contributed by atoms with Gasteiger partial charge in [-0.1, -0.05) is 23.7 Å². The number of esters is 1. The Hall–Kier alpha value is -6.82. The van der Waals surface area contributed by atoms with Gasteiger partial charge in [0.15, 0.2) is 0 Å². The minimum Gasteiger partial charge on any atom is -0.455 e. The van der Waals surface area contributed by atoms with Crippen molar-refractivity contribution in [3.63, 3.8) is 0 Å². The standard InChI is InChI=1S/C41H44ClN11O7/c1-41(2,3)60-39(58)33-21-25-20-28(11-12-30(25)46-33)44-36(55)32(48-38(57)37(56)47-31-22-26(42)8-13-34(31)53-23-43-49-50-53)19-24-6-9-27(10-7-24)45-40(59)51-17-14-29(15-18-51)52-16-4-5-35(52)54/h6-13,20-23,29,32,46H,4-5,14-19H2,1-3H3,(H,44,55)(H,45,59)(H,47,56)(H,48,57)/t32-/m0/s1. The van der Waals surface area contributed by atoms with Gasteiger partial charge in [0.1, 0.15) is 23.7 Å². The number of ether oxygens (including phenoxy) is 1. The van der Waals surface area contributed by atoms with E-state index in [9.17, 15) is 28.8 Å². The lowest BCUT2D eigenvalue weighted by Crippen LogP contribution is -2.49. The molecule has 6 amide bonds. The molecule has 0 spiro atoms. The number of anilines is 3. The molecule has 2 aromatic heterocycles. The topological polar surface area (TPSA) is 226 Å². The molecule has 0 bridgehead atoms. The van der Waals surface area contributed by atoms with E-state index in [1.165, 1.54) is 17.1 Å². The van der Waals surface area contributed by atoms with Crippen LogP contribution >= 0.6 is 11.6 Å². The van der Waals surface area contributed by atoms with Crippen molar-refractivity contribution in [1.29, 1.82) is 0 Å². The Morgan fingerprint density at radius 3 is 2.33 bits per heavy atom. The van der Waals surface area contributed by atoms with Crippen molar-refractivity contribution in [1.82, 2.24) is 40.3 Å². The predicted octanol–water partition coefficient (Wildman–Crippen LogP) is 4.68. The largest absolute Gasteiger partial charge is 0.455 e. The van der Waals surface area contributed by atoms with Gasteiger partial charge >= 0.3 is 23.8 Å². The molecular weight excluding hydrogens is 794 g/mol. The van der Waals surface area contributed by atoms with Crippen LogP contribution in [-0.2, 0) is 30.3 Å². The number of hydrogen-bond donors (Lipinski definition) is 5. The number of likely N-dealkylation sites (tertiary alicyclic amines) is 2. The highest BCUT2D eigenvalue weighted by Crippen LogP contribution is 2.26. The fraction of sp³-hybridized carbons (Fsp3) is 0.341. The van der Waals surface area contributed by atoms with Crippen LogP contribution < -0.4 is 21.3 Å². The van der Waals surface area contributed by atoms with Gasteiger partial charge in [-0.05, 0) is 111 Å². The number of rotatable bonds is 10. The number of H-pyrrole nitrogens is 1. The summed E-state index contributed by atoms with van der Waals surface area (Å²) in [6.07, 6.45) is 4.17. The van der Waals surface area contributed by atoms with E-state index in [0.717, 1.165) is 25.8 Å². The molecule has 0 unspecified atom stereocenters. The first-order valence-corrected chi connectivity index (χ1v) is 19.8. The minimum atomic E-state index is -1.26. The van der Waals surface area contributed by atoms with Crippen molar-refractivity contribution < 1.29 is 33.5 Å². The molecular formula is C41H44ClN11O7. The summed E-state index contributed by atoms with van der Waals surface area (Å²) in [5, 5.41) is 22.8. The molecule has 1 atom stereocenters. The van der Waals surface area contributed by atoms with Crippen molar-refractivity contribution in [2.75, 3.05) is 35.6 Å². The normalized spacial score (nSPS) is 15.1. The van der Waals surface area contributed by atoms with Gasteiger partial charge in [0.05, 0.1) is 11.4 Å². The molecule has 0 saturated carbocycles. The number of aromatic nitrogens is 5. The second kappa shape index (κ2) is 17.6. The van der Waals surface area contributed by atoms with Crippen molar-refractivity contribution in [3.8, 4) is 5.69 Å². The number of carbonyl (C=O) groups is 6. The zero-order valence-electron chi connectivity index (χ0n) is 33.2. The maximum absolute atomic E-state index is 13.9.